The maximum atomic E-state index is 12.3. The Morgan fingerprint density at radius 2 is 2.05 bits per heavy atom. The molecule has 2 aromatic heterocycles. The molecule has 6 nitrogen and oxygen atoms in total. The Morgan fingerprint density at radius 1 is 1.29 bits per heavy atom. The maximum absolute atomic E-state index is 12.3. The fourth-order valence-corrected chi connectivity index (χ4v) is 2.22. The summed E-state index contributed by atoms with van der Waals surface area (Å²) in [4.78, 5) is 16.4. The fraction of sp³-hybridized carbons (Fsp3) is 0.133. The summed E-state index contributed by atoms with van der Waals surface area (Å²) in [5, 5.41) is 8.64. The summed E-state index contributed by atoms with van der Waals surface area (Å²) in [6.07, 6.45) is 3.34. The Morgan fingerprint density at radius 3 is 2.76 bits per heavy atom. The minimum absolute atomic E-state index is 0.190. The predicted molar refractivity (Wildman–Crippen MR) is 80.5 cm³/mol. The van der Waals surface area contributed by atoms with Crippen molar-refractivity contribution in [3.8, 4) is 0 Å². The van der Waals surface area contributed by atoms with Crippen LogP contribution in [0, 0.1) is 0 Å². The molecule has 3 rings (SSSR count). The van der Waals surface area contributed by atoms with E-state index < -0.39 is 0 Å². The van der Waals surface area contributed by atoms with E-state index in [2.05, 4.69) is 15.4 Å². The van der Waals surface area contributed by atoms with Crippen LogP contribution >= 0.6 is 0 Å². The molecule has 2 heterocycles. The molecule has 0 spiro atoms. The number of rotatable bonds is 3. The molecule has 21 heavy (non-hydrogen) atoms. The molecular formula is C15H15N5O. The first-order chi connectivity index (χ1) is 10.1. The van der Waals surface area contributed by atoms with Gasteiger partial charge in [-0.1, -0.05) is 24.3 Å². The molecule has 6 heteroatoms. The SMILES string of the molecule is Cn1ccc(CNC(=O)c2cnc(N)c3ccccc23)n1. The zero-order valence-electron chi connectivity index (χ0n) is 11.6. The lowest BCUT2D eigenvalue weighted by atomic mass is 10.1. The van der Waals surface area contributed by atoms with Crippen LogP contribution in [0.5, 0.6) is 0 Å². The van der Waals surface area contributed by atoms with E-state index in [9.17, 15) is 4.79 Å². The van der Waals surface area contributed by atoms with E-state index in [-0.39, 0.29) is 5.91 Å². The Kier molecular flexibility index (Phi) is 3.27. The van der Waals surface area contributed by atoms with Crippen LogP contribution in [-0.4, -0.2) is 20.7 Å². The van der Waals surface area contributed by atoms with Gasteiger partial charge in [0.05, 0.1) is 17.8 Å². The molecule has 0 unspecified atom stereocenters. The second kappa shape index (κ2) is 5.24. The fourth-order valence-electron chi connectivity index (χ4n) is 2.22. The summed E-state index contributed by atoms with van der Waals surface area (Å²) in [6, 6.07) is 9.32. The third kappa shape index (κ3) is 2.55. The lowest BCUT2D eigenvalue weighted by Gasteiger charge is -2.08. The van der Waals surface area contributed by atoms with Crippen molar-refractivity contribution in [3.05, 3.63) is 54.0 Å². The number of aromatic nitrogens is 3. The van der Waals surface area contributed by atoms with Gasteiger partial charge < -0.3 is 11.1 Å². The molecule has 1 aromatic carbocycles. The second-order valence-electron chi connectivity index (χ2n) is 4.77. The largest absolute Gasteiger partial charge is 0.383 e. The smallest absolute Gasteiger partial charge is 0.253 e. The van der Waals surface area contributed by atoms with Gasteiger partial charge in [0.2, 0.25) is 0 Å². The molecule has 0 saturated heterocycles. The van der Waals surface area contributed by atoms with E-state index in [1.807, 2.05) is 43.6 Å². The minimum atomic E-state index is -0.190. The number of nitrogen functional groups attached to an aromatic ring is 1. The molecule has 3 aromatic rings. The summed E-state index contributed by atoms with van der Waals surface area (Å²) in [7, 11) is 1.84. The number of aryl methyl sites for hydroxylation is 1. The van der Waals surface area contributed by atoms with Crippen molar-refractivity contribution in [1.29, 1.82) is 0 Å². The molecule has 0 radical (unpaired) electrons. The van der Waals surface area contributed by atoms with Gasteiger partial charge in [-0.25, -0.2) is 4.98 Å². The molecule has 1 amide bonds. The van der Waals surface area contributed by atoms with Gasteiger partial charge in [-0.15, -0.1) is 0 Å². The van der Waals surface area contributed by atoms with Gasteiger partial charge in [0.25, 0.3) is 5.91 Å². The van der Waals surface area contributed by atoms with Crippen LogP contribution in [0.3, 0.4) is 0 Å². The number of anilines is 1. The lowest BCUT2D eigenvalue weighted by molar-refractivity contribution is 0.0951. The first kappa shape index (κ1) is 13.1. The first-order valence-electron chi connectivity index (χ1n) is 6.55. The van der Waals surface area contributed by atoms with E-state index in [4.69, 9.17) is 5.73 Å². The highest BCUT2D eigenvalue weighted by molar-refractivity contribution is 6.08. The van der Waals surface area contributed by atoms with Crippen LogP contribution < -0.4 is 11.1 Å². The van der Waals surface area contributed by atoms with E-state index in [0.29, 0.717) is 17.9 Å². The molecule has 0 aliphatic heterocycles. The van der Waals surface area contributed by atoms with Crippen LogP contribution in [0.25, 0.3) is 10.8 Å². The number of hydrogen-bond acceptors (Lipinski definition) is 4. The average molecular weight is 281 g/mol. The number of pyridine rings is 1. The van der Waals surface area contributed by atoms with Gasteiger partial charge in [-0.05, 0) is 11.5 Å². The highest BCUT2D eigenvalue weighted by Gasteiger charge is 2.12. The molecule has 106 valence electrons. The molecule has 0 fully saturated rings. The zero-order chi connectivity index (χ0) is 14.8. The van der Waals surface area contributed by atoms with Gasteiger partial charge in [-0.3, -0.25) is 9.48 Å². The van der Waals surface area contributed by atoms with E-state index in [1.165, 1.54) is 6.20 Å². The van der Waals surface area contributed by atoms with E-state index in [0.717, 1.165) is 16.5 Å². The van der Waals surface area contributed by atoms with Crippen molar-refractivity contribution in [2.45, 2.75) is 6.54 Å². The second-order valence-corrected chi connectivity index (χ2v) is 4.77. The minimum Gasteiger partial charge on any atom is -0.383 e. The molecular weight excluding hydrogens is 266 g/mol. The Hall–Kier alpha value is -2.89. The summed E-state index contributed by atoms with van der Waals surface area (Å²) in [6.45, 7) is 0.373. The summed E-state index contributed by atoms with van der Waals surface area (Å²) >= 11 is 0. The van der Waals surface area contributed by atoms with Crippen LogP contribution in [-0.2, 0) is 13.6 Å². The quantitative estimate of drug-likeness (QED) is 0.761. The highest BCUT2D eigenvalue weighted by atomic mass is 16.1. The number of nitrogens with two attached hydrogens (primary N) is 1. The van der Waals surface area contributed by atoms with E-state index in [1.54, 1.807) is 4.68 Å². The van der Waals surface area contributed by atoms with Gasteiger partial charge in [0, 0.05) is 24.8 Å². The molecule has 0 atom stereocenters. The van der Waals surface area contributed by atoms with Crippen molar-refractivity contribution in [2.75, 3.05) is 5.73 Å². The topological polar surface area (TPSA) is 85.8 Å². The Balaban J connectivity index is 1.86. The van der Waals surface area contributed by atoms with Crippen LogP contribution in [0.1, 0.15) is 16.1 Å². The van der Waals surface area contributed by atoms with Gasteiger partial charge in [-0.2, -0.15) is 5.10 Å². The highest BCUT2D eigenvalue weighted by Crippen LogP contribution is 2.22. The number of nitrogens with zero attached hydrogens (tertiary/aromatic N) is 3. The average Bonchev–Trinajstić information content (AvgIpc) is 2.91. The van der Waals surface area contributed by atoms with Crippen LogP contribution in [0.15, 0.2) is 42.7 Å². The number of nitrogens with one attached hydrogen (secondary N) is 1. The normalized spacial score (nSPS) is 10.7. The summed E-state index contributed by atoms with van der Waals surface area (Å²) in [5.41, 5.74) is 7.15. The number of benzene rings is 1. The number of carbonyl (C=O) groups excluding carboxylic acids is 1. The van der Waals surface area contributed by atoms with Crippen molar-refractivity contribution >= 4 is 22.5 Å². The van der Waals surface area contributed by atoms with Crippen LogP contribution in [0.4, 0.5) is 5.82 Å². The molecule has 0 bridgehead atoms. The van der Waals surface area contributed by atoms with Gasteiger partial charge in [0.1, 0.15) is 5.82 Å². The Labute approximate surface area is 121 Å². The van der Waals surface area contributed by atoms with E-state index >= 15 is 0 Å². The monoisotopic (exact) mass is 281 g/mol. The number of fused-ring (bicyclic) bond motifs is 1. The van der Waals surface area contributed by atoms with Crippen LogP contribution in [0.2, 0.25) is 0 Å². The van der Waals surface area contributed by atoms with Crippen molar-refractivity contribution in [3.63, 3.8) is 0 Å². The third-order valence-corrected chi connectivity index (χ3v) is 3.27. The summed E-state index contributed by atoms with van der Waals surface area (Å²) in [5.74, 6) is 0.233. The standard InChI is InChI=1S/C15H15N5O/c1-20-7-6-10(19-20)8-18-15(21)13-9-17-14(16)12-5-3-2-4-11(12)13/h2-7,9H,8H2,1H3,(H2,16,17)(H,18,21). The maximum Gasteiger partial charge on any atom is 0.253 e. The van der Waals surface area contributed by atoms with Crippen molar-refractivity contribution in [2.24, 2.45) is 7.05 Å². The zero-order valence-corrected chi connectivity index (χ0v) is 11.6. The van der Waals surface area contributed by atoms with Gasteiger partial charge >= 0.3 is 0 Å². The lowest BCUT2D eigenvalue weighted by Crippen LogP contribution is -2.23. The number of carbonyl (C=O) groups is 1. The number of hydrogen-bond donors (Lipinski definition) is 2. The van der Waals surface area contributed by atoms with Crippen molar-refractivity contribution in [1.82, 2.24) is 20.1 Å². The molecule has 0 aliphatic carbocycles. The first-order valence-corrected chi connectivity index (χ1v) is 6.55. The molecule has 0 saturated carbocycles. The molecule has 0 aliphatic rings. The Bertz CT molecular complexity index is 809. The van der Waals surface area contributed by atoms with Crippen molar-refractivity contribution < 1.29 is 4.79 Å². The van der Waals surface area contributed by atoms with Gasteiger partial charge in [0.15, 0.2) is 0 Å². The predicted octanol–water partition coefficient (Wildman–Crippen LogP) is 1.48. The number of amides is 1. The summed E-state index contributed by atoms with van der Waals surface area (Å²) < 4.78 is 1.70. The third-order valence-electron chi connectivity index (χ3n) is 3.27. The molecule has 3 N–H and O–H groups in total.